The van der Waals surface area contributed by atoms with Gasteiger partial charge < -0.3 is 0 Å². The highest BCUT2D eigenvalue weighted by Gasteiger charge is 2.31. The third-order valence-electron chi connectivity index (χ3n) is 2.69. The first-order valence-corrected chi connectivity index (χ1v) is 5.90. The van der Waals surface area contributed by atoms with Crippen LogP contribution in [-0.2, 0) is 4.79 Å². The van der Waals surface area contributed by atoms with E-state index in [0.717, 1.165) is 12.8 Å². The van der Waals surface area contributed by atoms with Crippen LogP contribution in [0.1, 0.15) is 19.8 Å². The van der Waals surface area contributed by atoms with Gasteiger partial charge in [-0.1, -0.05) is 25.1 Å². The molecule has 1 aromatic carbocycles. The first-order valence-electron chi connectivity index (χ1n) is 5.02. The lowest BCUT2D eigenvalue weighted by Crippen LogP contribution is -2.14. The number of benzene rings is 1. The molecule has 0 bridgehead atoms. The zero-order chi connectivity index (χ0) is 9.97. The van der Waals surface area contributed by atoms with Gasteiger partial charge in [0, 0.05) is 11.3 Å². The van der Waals surface area contributed by atoms with Crippen molar-refractivity contribution in [3.8, 4) is 0 Å². The first kappa shape index (κ1) is 9.78. The minimum atomic E-state index is 0.192. The first-order chi connectivity index (χ1) is 6.77. The monoisotopic (exact) mass is 206 g/mol. The molecule has 0 N–H and O–H groups in total. The molecule has 2 atom stereocenters. The Morgan fingerprint density at radius 2 is 2.00 bits per heavy atom. The van der Waals surface area contributed by atoms with E-state index in [1.165, 1.54) is 4.90 Å². The average Bonchev–Trinajstić information content (AvgIpc) is 2.51. The lowest BCUT2D eigenvalue weighted by atomic mass is 10.1. The molecule has 0 spiro atoms. The molecule has 0 saturated heterocycles. The molecule has 0 heterocycles. The van der Waals surface area contributed by atoms with Gasteiger partial charge in [-0.3, -0.25) is 4.79 Å². The van der Waals surface area contributed by atoms with Crippen molar-refractivity contribution in [2.75, 3.05) is 0 Å². The molecule has 1 saturated carbocycles. The Hall–Kier alpha value is -0.760. The molecule has 14 heavy (non-hydrogen) atoms. The number of thioether (sulfide) groups is 1. The van der Waals surface area contributed by atoms with E-state index in [4.69, 9.17) is 0 Å². The lowest BCUT2D eigenvalue weighted by molar-refractivity contribution is -0.117. The number of rotatable bonds is 2. The molecule has 2 rings (SSSR count). The summed E-state index contributed by atoms with van der Waals surface area (Å²) in [7, 11) is 0. The van der Waals surface area contributed by atoms with E-state index < -0.39 is 0 Å². The minimum Gasteiger partial charge on any atom is -0.298 e. The second-order valence-corrected chi connectivity index (χ2v) is 5.05. The predicted octanol–water partition coefficient (Wildman–Crippen LogP) is 3.15. The fourth-order valence-electron chi connectivity index (χ4n) is 1.81. The van der Waals surface area contributed by atoms with E-state index >= 15 is 0 Å². The van der Waals surface area contributed by atoms with Crippen molar-refractivity contribution in [1.82, 2.24) is 0 Å². The van der Waals surface area contributed by atoms with Crippen LogP contribution in [-0.4, -0.2) is 11.0 Å². The van der Waals surface area contributed by atoms with Crippen LogP contribution in [0, 0.1) is 5.92 Å². The van der Waals surface area contributed by atoms with E-state index in [1.54, 1.807) is 11.8 Å². The molecule has 1 aliphatic rings. The summed E-state index contributed by atoms with van der Waals surface area (Å²) in [5.41, 5.74) is 0. The molecular formula is C12H14OS. The molecule has 0 radical (unpaired) electrons. The Morgan fingerprint density at radius 3 is 2.57 bits per heavy atom. The predicted molar refractivity (Wildman–Crippen MR) is 59.5 cm³/mol. The van der Waals surface area contributed by atoms with E-state index in [0.29, 0.717) is 11.7 Å². The zero-order valence-electron chi connectivity index (χ0n) is 8.27. The van der Waals surface area contributed by atoms with Crippen molar-refractivity contribution in [2.24, 2.45) is 5.92 Å². The number of carbonyl (C=O) groups excluding carboxylic acids is 1. The minimum absolute atomic E-state index is 0.192. The Labute approximate surface area is 88.9 Å². The highest BCUT2D eigenvalue weighted by Crippen LogP contribution is 2.36. The van der Waals surface area contributed by atoms with Gasteiger partial charge in [0.05, 0.1) is 5.25 Å². The summed E-state index contributed by atoms with van der Waals surface area (Å²) in [6, 6.07) is 10.2. The second kappa shape index (κ2) is 4.18. The Balaban J connectivity index is 2.07. The Kier molecular flexibility index (Phi) is 2.92. The summed E-state index contributed by atoms with van der Waals surface area (Å²) >= 11 is 1.72. The molecule has 1 aromatic rings. The smallest absolute Gasteiger partial charge is 0.146 e. The number of Topliss-reactive ketones (excluding diaryl/α,β-unsaturated/α-hetero) is 1. The van der Waals surface area contributed by atoms with Gasteiger partial charge in [0.25, 0.3) is 0 Å². The fourth-order valence-corrected chi connectivity index (χ4v) is 3.03. The number of ketones is 1. The van der Waals surface area contributed by atoms with Gasteiger partial charge in [-0.15, -0.1) is 11.8 Å². The van der Waals surface area contributed by atoms with E-state index in [-0.39, 0.29) is 5.25 Å². The van der Waals surface area contributed by atoms with Crippen LogP contribution in [0.25, 0.3) is 0 Å². The Morgan fingerprint density at radius 1 is 1.29 bits per heavy atom. The number of hydrogen-bond donors (Lipinski definition) is 0. The molecule has 2 heteroatoms. The Bertz CT molecular complexity index is 320. The van der Waals surface area contributed by atoms with Gasteiger partial charge in [0.2, 0.25) is 0 Å². The quantitative estimate of drug-likeness (QED) is 0.739. The molecule has 2 unspecified atom stereocenters. The standard InChI is InChI=1S/C12H14OS/c1-9-7-8-11(13)12(9)14-10-5-3-2-4-6-10/h2-6,9,12H,7-8H2,1H3. The molecule has 0 aliphatic heterocycles. The van der Waals surface area contributed by atoms with Gasteiger partial charge in [-0.25, -0.2) is 0 Å². The van der Waals surface area contributed by atoms with Gasteiger partial charge in [-0.2, -0.15) is 0 Å². The van der Waals surface area contributed by atoms with Gasteiger partial charge in [0.15, 0.2) is 0 Å². The molecular weight excluding hydrogens is 192 g/mol. The van der Waals surface area contributed by atoms with Crippen molar-refractivity contribution in [1.29, 1.82) is 0 Å². The van der Waals surface area contributed by atoms with Gasteiger partial charge >= 0.3 is 0 Å². The SMILES string of the molecule is CC1CCC(=O)C1Sc1ccccc1. The highest BCUT2D eigenvalue weighted by molar-refractivity contribution is 8.00. The summed E-state index contributed by atoms with van der Waals surface area (Å²) in [6.07, 6.45) is 1.83. The second-order valence-electron chi connectivity index (χ2n) is 3.83. The van der Waals surface area contributed by atoms with Crippen LogP contribution in [0.4, 0.5) is 0 Å². The largest absolute Gasteiger partial charge is 0.298 e. The highest BCUT2D eigenvalue weighted by atomic mass is 32.2. The maximum absolute atomic E-state index is 11.6. The summed E-state index contributed by atoms with van der Waals surface area (Å²) in [5, 5.41) is 0.192. The summed E-state index contributed by atoms with van der Waals surface area (Å²) in [6.45, 7) is 2.17. The number of carbonyl (C=O) groups is 1. The third kappa shape index (κ3) is 2.01. The van der Waals surface area contributed by atoms with Crippen molar-refractivity contribution >= 4 is 17.5 Å². The molecule has 1 nitrogen and oxygen atoms in total. The molecule has 0 amide bonds. The van der Waals surface area contributed by atoms with Gasteiger partial charge in [-0.05, 0) is 24.5 Å². The van der Waals surface area contributed by atoms with Crippen LogP contribution >= 0.6 is 11.8 Å². The van der Waals surface area contributed by atoms with Crippen LogP contribution in [0.15, 0.2) is 35.2 Å². The molecule has 1 fully saturated rings. The summed E-state index contributed by atoms with van der Waals surface area (Å²) < 4.78 is 0. The summed E-state index contributed by atoms with van der Waals surface area (Å²) in [4.78, 5) is 12.8. The van der Waals surface area contributed by atoms with Crippen LogP contribution in [0.3, 0.4) is 0 Å². The third-order valence-corrected chi connectivity index (χ3v) is 4.21. The van der Waals surface area contributed by atoms with Crippen molar-refractivity contribution in [2.45, 2.75) is 29.9 Å². The van der Waals surface area contributed by atoms with E-state index in [2.05, 4.69) is 19.1 Å². The normalized spacial score (nSPS) is 26.8. The van der Waals surface area contributed by atoms with E-state index in [9.17, 15) is 4.79 Å². The molecule has 1 aliphatic carbocycles. The summed E-state index contributed by atoms with van der Waals surface area (Å²) in [5.74, 6) is 0.957. The molecule has 0 aromatic heterocycles. The lowest BCUT2D eigenvalue weighted by Gasteiger charge is -2.12. The average molecular weight is 206 g/mol. The fraction of sp³-hybridized carbons (Fsp3) is 0.417. The maximum Gasteiger partial charge on any atom is 0.146 e. The van der Waals surface area contributed by atoms with E-state index in [1.807, 2.05) is 18.2 Å². The van der Waals surface area contributed by atoms with Gasteiger partial charge in [0.1, 0.15) is 5.78 Å². The van der Waals surface area contributed by atoms with Crippen LogP contribution in [0.5, 0.6) is 0 Å². The van der Waals surface area contributed by atoms with Crippen LogP contribution in [0.2, 0.25) is 0 Å². The van der Waals surface area contributed by atoms with Crippen molar-refractivity contribution < 1.29 is 4.79 Å². The van der Waals surface area contributed by atoms with Crippen molar-refractivity contribution in [3.63, 3.8) is 0 Å². The zero-order valence-corrected chi connectivity index (χ0v) is 9.09. The maximum atomic E-state index is 11.6. The molecule has 74 valence electrons. The van der Waals surface area contributed by atoms with Crippen molar-refractivity contribution in [3.05, 3.63) is 30.3 Å². The number of hydrogen-bond acceptors (Lipinski definition) is 2. The topological polar surface area (TPSA) is 17.1 Å². The van der Waals surface area contributed by atoms with Crippen LogP contribution < -0.4 is 0 Å².